The second-order valence-corrected chi connectivity index (χ2v) is 8.50. The zero-order valence-corrected chi connectivity index (χ0v) is 19.1. The summed E-state index contributed by atoms with van der Waals surface area (Å²) < 4.78 is 5.27. The van der Waals surface area contributed by atoms with Crippen LogP contribution < -0.4 is 15.4 Å². The molecule has 0 bridgehead atoms. The van der Waals surface area contributed by atoms with E-state index in [9.17, 15) is 4.79 Å². The van der Waals surface area contributed by atoms with Crippen molar-refractivity contribution in [1.82, 2.24) is 15.2 Å². The fourth-order valence-corrected chi connectivity index (χ4v) is 4.30. The zero-order chi connectivity index (χ0) is 23.0. The lowest BCUT2D eigenvalue weighted by atomic mass is 9.97. The maximum absolute atomic E-state index is 11.0. The largest absolute Gasteiger partial charge is 0.497 e. The van der Waals surface area contributed by atoms with Crippen LogP contribution >= 0.6 is 0 Å². The van der Waals surface area contributed by atoms with Crippen LogP contribution in [0.25, 0.3) is 22.2 Å². The molecule has 1 aliphatic heterocycles. The summed E-state index contributed by atoms with van der Waals surface area (Å²) in [5, 5.41) is 17.3. The van der Waals surface area contributed by atoms with Crippen LogP contribution in [0.4, 0.5) is 10.5 Å². The van der Waals surface area contributed by atoms with Gasteiger partial charge in [0, 0.05) is 36.3 Å². The third-order valence-corrected chi connectivity index (χ3v) is 6.27. The minimum atomic E-state index is -0.800. The van der Waals surface area contributed by atoms with Crippen LogP contribution in [-0.4, -0.2) is 60.9 Å². The number of piperidine rings is 1. The highest BCUT2D eigenvalue weighted by Crippen LogP contribution is 2.29. The molecule has 7 heteroatoms. The Kier molecular flexibility index (Phi) is 7.62. The Hall–Kier alpha value is -3.32. The van der Waals surface area contributed by atoms with E-state index in [1.165, 1.54) is 4.90 Å². The summed E-state index contributed by atoms with van der Waals surface area (Å²) in [5.74, 6) is 1.39. The number of aromatic nitrogens is 1. The number of pyridine rings is 1. The quantitative estimate of drug-likeness (QED) is 0.412. The Morgan fingerprint density at radius 3 is 2.61 bits per heavy atom. The first-order valence-electron chi connectivity index (χ1n) is 11.6. The fourth-order valence-electron chi connectivity index (χ4n) is 4.30. The van der Waals surface area contributed by atoms with Crippen LogP contribution in [0.1, 0.15) is 19.3 Å². The number of hydrogen-bond donors (Lipinski definition) is 3. The highest BCUT2D eigenvalue weighted by Gasteiger charge is 2.21. The summed E-state index contributed by atoms with van der Waals surface area (Å²) in [5.41, 5.74) is 4.05. The molecule has 0 spiro atoms. The molecule has 1 aliphatic rings. The number of hydrogen-bond acceptors (Lipinski definition) is 5. The van der Waals surface area contributed by atoms with Gasteiger partial charge in [0.2, 0.25) is 0 Å². The molecule has 174 valence electrons. The van der Waals surface area contributed by atoms with Gasteiger partial charge in [-0.3, -0.25) is 0 Å². The number of ether oxygens (including phenoxy) is 1. The number of amides is 1. The van der Waals surface area contributed by atoms with Crippen molar-refractivity contribution >= 4 is 22.7 Å². The summed E-state index contributed by atoms with van der Waals surface area (Å²) in [7, 11) is 1.67. The van der Waals surface area contributed by atoms with Crippen molar-refractivity contribution in [3.05, 3.63) is 54.6 Å². The summed E-state index contributed by atoms with van der Waals surface area (Å²) in [6.45, 7) is 4.04. The summed E-state index contributed by atoms with van der Waals surface area (Å²) >= 11 is 0. The highest BCUT2D eigenvalue weighted by atomic mass is 16.5. The van der Waals surface area contributed by atoms with E-state index in [0.29, 0.717) is 19.0 Å². The molecule has 0 radical (unpaired) electrons. The van der Waals surface area contributed by atoms with E-state index >= 15 is 0 Å². The molecule has 1 fully saturated rings. The van der Waals surface area contributed by atoms with E-state index < -0.39 is 6.09 Å². The van der Waals surface area contributed by atoms with Crippen LogP contribution in [0.2, 0.25) is 0 Å². The average molecular weight is 449 g/mol. The molecule has 0 aliphatic carbocycles. The topological polar surface area (TPSA) is 86.7 Å². The predicted molar refractivity (Wildman–Crippen MR) is 132 cm³/mol. The van der Waals surface area contributed by atoms with Crippen molar-refractivity contribution in [2.24, 2.45) is 5.92 Å². The normalized spacial score (nSPS) is 14.4. The molecule has 1 saturated heterocycles. The number of nitrogens with zero attached hydrogens (tertiary/aromatic N) is 2. The molecule has 7 nitrogen and oxygen atoms in total. The zero-order valence-electron chi connectivity index (χ0n) is 19.1. The van der Waals surface area contributed by atoms with Crippen molar-refractivity contribution in [1.29, 1.82) is 0 Å². The van der Waals surface area contributed by atoms with Crippen LogP contribution in [0.15, 0.2) is 54.6 Å². The van der Waals surface area contributed by atoms with Crippen molar-refractivity contribution < 1.29 is 14.6 Å². The third kappa shape index (κ3) is 5.93. The Balaban J connectivity index is 1.30. The van der Waals surface area contributed by atoms with Gasteiger partial charge in [-0.1, -0.05) is 18.2 Å². The van der Waals surface area contributed by atoms with Gasteiger partial charge in [0.05, 0.1) is 18.3 Å². The molecule has 0 unspecified atom stereocenters. The maximum Gasteiger partial charge on any atom is 0.407 e. The average Bonchev–Trinajstić information content (AvgIpc) is 2.86. The lowest BCUT2D eigenvalue weighted by Gasteiger charge is -2.30. The molecular formula is C26H32N4O3. The molecule has 4 rings (SSSR count). The predicted octanol–water partition coefficient (Wildman–Crippen LogP) is 4.69. The Labute approximate surface area is 194 Å². The maximum atomic E-state index is 11.0. The number of carbonyl (C=O) groups is 1. The SMILES string of the molecule is COc1ccc(-c2cc(NCCCNCC3CCN(C(=O)O)CC3)c3ccccc3n2)cc1. The van der Waals surface area contributed by atoms with Crippen LogP contribution in [-0.2, 0) is 0 Å². The van der Waals surface area contributed by atoms with Gasteiger partial charge in [-0.2, -0.15) is 0 Å². The van der Waals surface area contributed by atoms with Gasteiger partial charge in [-0.15, -0.1) is 0 Å². The second kappa shape index (κ2) is 11.0. The number of methoxy groups -OCH3 is 1. The van der Waals surface area contributed by atoms with Gasteiger partial charge in [-0.25, -0.2) is 9.78 Å². The van der Waals surface area contributed by atoms with Gasteiger partial charge < -0.3 is 25.4 Å². The number of likely N-dealkylation sites (tertiary alicyclic amines) is 1. The van der Waals surface area contributed by atoms with Gasteiger partial charge in [0.15, 0.2) is 0 Å². The number of para-hydroxylation sites is 1. The van der Waals surface area contributed by atoms with Gasteiger partial charge in [0.1, 0.15) is 5.75 Å². The Morgan fingerprint density at radius 1 is 1.12 bits per heavy atom. The highest BCUT2D eigenvalue weighted by molar-refractivity contribution is 5.93. The van der Waals surface area contributed by atoms with Crippen LogP contribution in [0, 0.1) is 5.92 Å². The molecule has 0 saturated carbocycles. The van der Waals surface area contributed by atoms with Crippen molar-refractivity contribution in [3.8, 4) is 17.0 Å². The fraction of sp³-hybridized carbons (Fsp3) is 0.385. The van der Waals surface area contributed by atoms with Gasteiger partial charge in [0.25, 0.3) is 0 Å². The minimum absolute atomic E-state index is 0.560. The van der Waals surface area contributed by atoms with Crippen molar-refractivity contribution in [2.45, 2.75) is 19.3 Å². The number of fused-ring (bicyclic) bond motifs is 1. The monoisotopic (exact) mass is 448 g/mol. The number of rotatable bonds is 9. The van der Waals surface area contributed by atoms with E-state index in [4.69, 9.17) is 14.8 Å². The van der Waals surface area contributed by atoms with Crippen LogP contribution in [0.5, 0.6) is 5.75 Å². The summed E-state index contributed by atoms with van der Waals surface area (Å²) in [6.07, 6.45) is 2.08. The van der Waals surface area contributed by atoms with E-state index in [1.807, 2.05) is 42.5 Å². The summed E-state index contributed by atoms with van der Waals surface area (Å²) in [6, 6.07) is 18.3. The molecule has 1 aromatic heterocycles. The number of benzene rings is 2. The van der Waals surface area contributed by atoms with Crippen molar-refractivity contribution in [2.75, 3.05) is 45.2 Å². The number of nitrogens with one attached hydrogen (secondary N) is 2. The molecular weight excluding hydrogens is 416 g/mol. The molecule has 2 heterocycles. The molecule has 33 heavy (non-hydrogen) atoms. The molecule has 1 amide bonds. The molecule has 0 atom stereocenters. The second-order valence-electron chi connectivity index (χ2n) is 8.50. The number of carboxylic acid groups (broad SMARTS) is 1. The summed E-state index contributed by atoms with van der Waals surface area (Å²) in [4.78, 5) is 17.4. The first-order valence-corrected chi connectivity index (χ1v) is 11.6. The minimum Gasteiger partial charge on any atom is -0.497 e. The lowest BCUT2D eigenvalue weighted by Crippen LogP contribution is -2.40. The van der Waals surface area contributed by atoms with Crippen LogP contribution in [0.3, 0.4) is 0 Å². The Bertz CT molecular complexity index is 1060. The number of anilines is 1. The van der Waals surface area contributed by atoms with Crippen molar-refractivity contribution in [3.63, 3.8) is 0 Å². The Morgan fingerprint density at radius 2 is 1.88 bits per heavy atom. The third-order valence-electron chi connectivity index (χ3n) is 6.27. The van der Waals surface area contributed by atoms with E-state index in [2.05, 4.69) is 22.8 Å². The molecule has 3 aromatic rings. The van der Waals surface area contributed by atoms with E-state index in [1.54, 1.807) is 7.11 Å². The van der Waals surface area contributed by atoms with E-state index in [0.717, 1.165) is 72.5 Å². The van der Waals surface area contributed by atoms with Gasteiger partial charge >= 0.3 is 6.09 Å². The van der Waals surface area contributed by atoms with E-state index in [-0.39, 0.29) is 0 Å². The standard InChI is InChI=1S/C26H32N4O3/c1-33-21-9-7-20(8-10-21)24-17-25(22-5-2-3-6-23(22)29-24)28-14-4-13-27-18-19-11-15-30(16-12-19)26(31)32/h2-3,5-10,17,19,27H,4,11-16,18H2,1H3,(H,28,29)(H,31,32). The molecule has 3 N–H and O–H groups in total. The van der Waals surface area contributed by atoms with Gasteiger partial charge in [-0.05, 0) is 74.7 Å². The smallest absolute Gasteiger partial charge is 0.407 e. The first-order chi connectivity index (χ1) is 16.1. The molecule has 2 aromatic carbocycles. The lowest BCUT2D eigenvalue weighted by molar-refractivity contribution is 0.124. The first kappa shape index (κ1) is 22.9.